The summed E-state index contributed by atoms with van der Waals surface area (Å²) in [6.45, 7) is -0.640. The maximum Gasteiger partial charge on any atom is 0.229 e. The highest BCUT2D eigenvalue weighted by atomic mass is 16.7. The Morgan fingerprint density at radius 3 is 2.23 bits per heavy atom. The number of aliphatic hydroxyl groups is 4. The van der Waals surface area contributed by atoms with Gasteiger partial charge in [-0.05, 0) is 12.1 Å². The van der Waals surface area contributed by atoms with E-state index in [1.807, 2.05) is 0 Å². The number of aliphatic hydroxyl groups excluding tert-OH is 4. The Kier molecular flexibility index (Phi) is 6.92. The van der Waals surface area contributed by atoms with Crippen molar-refractivity contribution in [2.45, 2.75) is 43.2 Å². The molecule has 0 spiro atoms. The van der Waals surface area contributed by atoms with Crippen molar-refractivity contribution >= 4 is 5.78 Å². The number of fused-ring (bicyclic) bond motifs is 1. The van der Waals surface area contributed by atoms with Gasteiger partial charge in [0.25, 0.3) is 0 Å². The van der Waals surface area contributed by atoms with E-state index in [0.29, 0.717) is 5.56 Å². The van der Waals surface area contributed by atoms with Gasteiger partial charge in [-0.2, -0.15) is 0 Å². The Labute approximate surface area is 199 Å². The van der Waals surface area contributed by atoms with E-state index in [2.05, 4.69) is 0 Å². The van der Waals surface area contributed by atoms with Gasteiger partial charge in [0.05, 0.1) is 27.2 Å². The molecule has 12 heteroatoms. The highest BCUT2D eigenvalue weighted by molar-refractivity contribution is 6.02. The minimum absolute atomic E-state index is 0.0168. The summed E-state index contributed by atoms with van der Waals surface area (Å²) >= 11 is 0. The molecule has 1 fully saturated rings. The minimum atomic E-state index is -1.67. The number of phenolic OH excluding ortho intramolecular Hbond substituents is 2. The van der Waals surface area contributed by atoms with E-state index in [9.17, 15) is 35.4 Å². The number of methoxy groups -OCH3 is 2. The molecular formula is C23H26O12. The molecular weight excluding hydrogens is 468 g/mol. The zero-order chi connectivity index (χ0) is 25.4. The van der Waals surface area contributed by atoms with E-state index in [1.54, 1.807) is 0 Å². The summed E-state index contributed by atoms with van der Waals surface area (Å²) in [5.41, 5.74) is 0.398. The van der Waals surface area contributed by atoms with Crippen molar-refractivity contribution in [3.05, 3.63) is 35.4 Å². The first-order valence-corrected chi connectivity index (χ1v) is 10.7. The van der Waals surface area contributed by atoms with E-state index in [0.717, 1.165) is 6.07 Å². The lowest BCUT2D eigenvalue weighted by molar-refractivity contribution is -0.277. The van der Waals surface area contributed by atoms with Gasteiger partial charge in [0.1, 0.15) is 53.3 Å². The van der Waals surface area contributed by atoms with Crippen LogP contribution in [0.1, 0.15) is 28.4 Å². The van der Waals surface area contributed by atoms with Gasteiger partial charge in [-0.25, -0.2) is 0 Å². The fraction of sp³-hybridized carbons (Fsp3) is 0.435. The van der Waals surface area contributed by atoms with Gasteiger partial charge >= 0.3 is 0 Å². The van der Waals surface area contributed by atoms with Crippen LogP contribution in [0, 0.1) is 0 Å². The number of ether oxygens (including phenoxy) is 5. The molecule has 2 heterocycles. The van der Waals surface area contributed by atoms with Crippen LogP contribution in [0.15, 0.2) is 24.3 Å². The SMILES string of the molecule is COc1cc(C2CC(=O)c3c(O)cc(O[C@@H]4O[C@H](CO)[C@@H](O)[C@H](O)[C@H]4O)cc3O2)cc(OC)c1O. The van der Waals surface area contributed by atoms with Gasteiger partial charge in [0.2, 0.25) is 12.0 Å². The number of rotatable bonds is 6. The van der Waals surface area contributed by atoms with Gasteiger partial charge < -0.3 is 54.3 Å². The average molecular weight is 494 g/mol. The molecule has 2 aromatic rings. The maximum absolute atomic E-state index is 12.8. The lowest BCUT2D eigenvalue weighted by atomic mass is 9.95. The van der Waals surface area contributed by atoms with Crippen molar-refractivity contribution in [3.63, 3.8) is 0 Å². The molecule has 35 heavy (non-hydrogen) atoms. The predicted molar refractivity (Wildman–Crippen MR) is 116 cm³/mol. The predicted octanol–water partition coefficient (Wildman–Crippen LogP) is 0.000200. The quantitative estimate of drug-likeness (QED) is 0.316. The average Bonchev–Trinajstić information content (AvgIpc) is 2.84. The van der Waals surface area contributed by atoms with Crippen molar-refractivity contribution in [1.29, 1.82) is 0 Å². The zero-order valence-corrected chi connectivity index (χ0v) is 18.8. The van der Waals surface area contributed by atoms with E-state index >= 15 is 0 Å². The molecule has 6 atom stereocenters. The molecule has 2 aliphatic heterocycles. The van der Waals surface area contributed by atoms with Crippen LogP contribution in [0.5, 0.6) is 34.5 Å². The summed E-state index contributed by atoms with van der Waals surface area (Å²) in [6, 6.07) is 5.41. The second-order valence-electron chi connectivity index (χ2n) is 8.14. The number of carbonyl (C=O) groups excluding carboxylic acids is 1. The molecule has 0 radical (unpaired) electrons. The number of aromatic hydroxyl groups is 2. The first-order valence-electron chi connectivity index (χ1n) is 10.7. The third-order valence-electron chi connectivity index (χ3n) is 5.95. The van der Waals surface area contributed by atoms with E-state index < -0.39 is 54.9 Å². The highest BCUT2D eigenvalue weighted by Crippen LogP contribution is 2.45. The molecule has 1 saturated heterocycles. The van der Waals surface area contributed by atoms with E-state index in [-0.39, 0.29) is 40.7 Å². The number of hydrogen-bond acceptors (Lipinski definition) is 12. The first-order chi connectivity index (χ1) is 16.7. The van der Waals surface area contributed by atoms with Crippen molar-refractivity contribution in [3.8, 4) is 34.5 Å². The lowest BCUT2D eigenvalue weighted by Gasteiger charge is -2.39. The molecule has 2 aliphatic rings. The fourth-order valence-corrected chi connectivity index (χ4v) is 4.07. The third kappa shape index (κ3) is 4.54. The molecule has 6 N–H and O–H groups in total. The van der Waals surface area contributed by atoms with Gasteiger partial charge in [-0.3, -0.25) is 4.79 Å². The third-order valence-corrected chi connectivity index (χ3v) is 5.95. The molecule has 2 aromatic carbocycles. The normalized spacial score (nSPS) is 28.1. The number of carbonyl (C=O) groups is 1. The Morgan fingerprint density at radius 2 is 1.63 bits per heavy atom. The van der Waals surface area contributed by atoms with Crippen LogP contribution in [0.2, 0.25) is 0 Å². The smallest absolute Gasteiger partial charge is 0.229 e. The van der Waals surface area contributed by atoms with Crippen molar-refractivity contribution in [2.24, 2.45) is 0 Å². The van der Waals surface area contributed by atoms with Crippen molar-refractivity contribution in [2.75, 3.05) is 20.8 Å². The molecule has 0 bridgehead atoms. The minimum Gasteiger partial charge on any atom is -0.507 e. The molecule has 1 unspecified atom stereocenters. The van der Waals surface area contributed by atoms with Crippen molar-refractivity contribution in [1.82, 2.24) is 0 Å². The monoisotopic (exact) mass is 494 g/mol. The Bertz CT molecular complexity index is 1080. The number of hydrogen-bond donors (Lipinski definition) is 6. The largest absolute Gasteiger partial charge is 0.507 e. The van der Waals surface area contributed by atoms with Crippen LogP contribution in [0.3, 0.4) is 0 Å². The molecule has 0 aromatic heterocycles. The standard InChI is InChI=1S/C23H26O12/c1-31-15-3-9(4-16(32-2)19(15)27)13-7-12(26)18-11(25)5-10(6-14(18)34-13)33-23-22(30)21(29)20(28)17(8-24)35-23/h3-6,13,17,20-25,27-30H,7-8H2,1-2H3/t13?,17-,20-,21+,22-,23-/m1/s1. The first kappa shape index (κ1) is 24.8. The topological polar surface area (TPSA) is 185 Å². The summed E-state index contributed by atoms with van der Waals surface area (Å²) in [5.74, 6) is -0.927. The Morgan fingerprint density at radius 1 is 0.971 bits per heavy atom. The van der Waals surface area contributed by atoms with E-state index in [4.69, 9.17) is 23.7 Å². The fourth-order valence-electron chi connectivity index (χ4n) is 4.07. The molecule has 12 nitrogen and oxygen atoms in total. The van der Waals surface area contributed by atoms with Crippen LogP contribution in [0.4, 0.5) is 0 Å². The maximum atomic E-state index is 12.8. The Hall–Kier alpha value is -3.29. The summed E-state index contributed by atoms with van der Waals surface area (Å²) in [5, 5.41) is 60.1. The summed E-state index contributed by atoms with van der Waals surface area (Å²) in [6.07, 6.45) is -8.51. The zero-order valence-electron chi connectivity index (χ0n) is 18.8. The van der Waals surface area contributed by atoms with Crippen LogP contribution in [-0.2, 0) is 4.74 Å². The number of Topliss-reactive ketones (excluding diaryl/α,β-unsaturated/α-hetero) is 1. The summed E-state index contributed by atoms with van der Waals surface area (Å²) in [7, 11) is 2.72. The van der Waals surface area contributed by atoms with Crippen LogP contribution < -0.4 is 18.9 Å². The number of ketones is 1. The molecule has 4 rings (SSSR count). The van der Waals surface area contributed by atoms with Crippen LogP contribution >= 0.6 is 0 Å². The molecule has 0 aliphatic carbocycles. The van der Waals surface area contributed by atoms with Crippen LogP contribution in [-0.4, -0.2) is 88.0 Å². The van der Waals surface area contributed by atoms with Gasteiger partial charge in [-0.15, -0.1) is 0 Å². The summed E-state index contributed by atoms with van der Waals surface area (Å²) < 4.78 is 27.1. The lowest BCUT2D eigenvalue weighted by Crippen LogP contribution is -2.60. The summed E-state index contributed by atoms with van der Waals surface area (Å²) in [4.78, 5) is 12.8. The van der Waals surface area contributed by atoms with Gasteiger partial charge in [0, 0.05) is 17.7 Å². The number of benzene rings is 2. The van der Waals surface area contributed by atoms with Gasteiger partial charge in [-0.1, -0.05) is 0 Å². The second-order valence-corrected chi connectivity index (χ2v) is 8.14. The van der Waals surface area contributed by atoms with Crippen molar-refractivity contribution < 1.29 is 59.1 Å². The molecule has 0 amide bonds. The Balaban J connectivity index is 1.63. The second kappa shape index (κ2) is 9.76. The van der Waals surface area contributed by atoms with E-state index in [1.165, 1.54) is 32.4 Å². The van der Waals surface area contributed by atoms with Gasteiger partial charge in [0.15, 0.2) is 17.3 Å². The molecule has 190 valence electrons. The number of phenols is 2. The highest BCUT2D eigenvalue weighted by Gasteiger charge is 2.45. The van der Waals surface area contributed by atoms with Crippen LogP contribution in [0.25, 0.3) is 0 Å². The molecule has 0 saturated carbocycles.